The zero-order valence-corrected chi connectivity index (χ0v) is 12.0. The first kappa shape index (κ1) is 14.8. The summed E-state index contributed by atoms with van der Waals surface area (Å²) >= 11 is 0. The van der Waals surface area contributed by atoms with Crippen LogP contribution in [-0.4, -0.2) is 0 Å². The highest BCUT2D eigenvalue weighted by atomic mass is 14.1. The van der Waals surface area contributed by atoms with Crippen molar-refractivity contribution in [3.63, 3.8) is 0 Å². The van der Waals surface area contributed by atoms with Gasteiger partial charge in [0.1, 0.15) is 0 Å². The molecule has 0 N–H and O–H groups in total. The van der Waals surface area contributed by atoms with Gasteiger partial charge in [-0.15, -0.1) is 0 Å². The van der Waals surface area contributed by atoms with E-state index >= 15 is 0 Å². The molecular formula is C17H32. The van der Waals surface area contributed by atoms with Gasteiger partial charge in [0.25, 0.3) is 0 Å². The molecule has 100 valence electrons. The molecule has 0 heterocycles. The van der Waals surface area contributed by atoms with Gasteiger partial charge in [0.2, 0.25) is 0 Å². The summed E-state index contributed by atoms with van der Waals surface area (Å²) in [4.78, 5) is 0. The molecule has 0 saturated heterocycles. The minimum atomic E-state index is 1.35. The molecule has 0 amide bonds. The van der Waals surface area contributed by atoms with Crippen molar-refractivity contribution in [2.45, 2.75) is 96.8 Å². The average Bonchev–Trinajstić information content (AvgIpc) is 3.15. The first-order valence-corrected chi connectivity index (χ1v) is 8.11. The van der Waals surface area contributed by atoms with Gasteiger partial charge in [0.05, 0.1) is 0 Å². The lowest BCUT2D eigenvalue weighted by Crippen LogP contribution is -1.81. The van der Waals surface area contributed by atoms with E-state index in [0.29, 0.717) is 0 Å². The molecule has 0 aromatic rings. The van der Waals surface area contributed by atoms with Crippen LogP contribution in [0, 0.1) is 0 Å². The third-order valence-corrected chi connectivity index (χ3v) is 3.78. The molecule has 0 atom stereocenters. The van der Waals surface area contributed by atoms with Crippen LogP contribution in [0.15, 0.2) is 11.6 Å². The van der Waals surface area contributed by atoms with Gasteiger partial charge >= 0.3 is 0 Å². The Morgan fingerprint density at radius 3 is 1.65 bits per heavy atom. The monoisotopic (exact) mass is 236 g/mol. The summed E-state index contributed by atoms with van der Waals surface area (Å²) in [6.07, 6.45) is 22.7. The summed E-state index contributed by atoms with van der Waals surface area (Å²) in [6.45, 7) is 2.29. The zero-order valence-electron chi connectivity index (χ0n) is 12.0. The number of hydrogen-bond donors (Lipinski definition) is 0. The molecule has 0 radical (unpaired) electrons. The smallest absolute Gasteiger partial charge is 0.0283 e. The first-order chi connectivity index (χ1) is 8.43. The van der Waals surface area contributed by atoms with Gasteiger partial charge < -0.3 is 0 Å². The molecule has 1 rings (SSSR count). The molecule has 0 nitrogen and oxygen atoms in total. The lowest BCUT2D eigenvalue weighted by Gasteiger charge is -2.01. The molecule has 0 bridgehead atoms. The van der Waals surface area contributed by atoms with Crippen LogP contribution in [0.5, 0.6) is 0 Å². The van der Waals surface area contributed by atoms with Crippen molar-refractivity contribution in [1.29, 1.82) is 0 Å². The molecule has 0 aromatic carbocycles. The summed E-state index contributed by atoms with van der Waals surface area (Å²) in [7, 11) is 0. The maximum atomic E-state index is 2.48. The Morgan fingerprint density at radius 1 is 0.706 bits per heavy atom. The van der Waals surface area contributed by atoms with Crippen molar-refractivity contribution in [1.82, 2.24) is 0 Å². The van der Waals surface area contributed by atoms with E-state index in [2.05, 4.69) is 13.0 Å². The van der Waals surface area contributed by atoms with E-state index in [1.807, 2.05) is 0 Å². The fraction of sp³-hybridized carbons (Fsp3) is 0.882. The third-order valence-electron chi connectivity index (χ3n) is 3.78. The van der Waals surface area contributed by atoms with Crippen molar-refractivity contribution in [2.24, 2.45) is 0 Å². The quantitative estimate of drug-likeness (QED) is 0.271. The normalized spacial score (nSPS) is 14.1. The Morgan fingerprint density at radius 2 is 1.18 bits per heavy atom. The average molecular weight is 236 g/mol. The fourth-order valence-electron chi connectivity index (χ4n) is 2.39. The number of allylic oxidation sites excluding steroid dienone is 2. The van der Waals surface area contributed by atoms with Gasteiger partial charge in [-0.1, -0.05) is 82.8 Å². The van der Waals surface area contributed by atoms with E-state index in [1.54, 1.807) is 5.57 Å². The van der Waals surface area contributed by atoms with Gasteiger partial charge in [-0.3, -0.25) is 0 Å². The predicted molar refractivity (Wildman–Crippen MR) is 78.4 cm³/mol. The summed E-state index contributed by atoms with van der Waals surface area (Å²) in [5, 5.41) is 0. The molecule has 17 heavy (non-hydrogen) atoms. The molecule has 0 aliphatic heterocycles. The minimum absolute atomic E-state index is 1.35. The van der Waals surface area contributed by atoms with E-state index in [4.69, 9.17) is 0 Å². The van der Waals surface area contributed by atoms with Crippen LogP contribution in [0.1, 0.15) is 96.8 Å². The Labute approximate surface area is 109 Å². The number of hydrogen-bond acceptors (Lipinski definition) is 0. The van der Waals surface area contributed by atoms with E-state index in [-0.39, 0.29) is 0 Å². The topological polar surface area (TPSA) is 0 Å². The number of unbranched alkanes of at least 4 members (excludes halogenated alkanes) is 11. The largest absolute Gasteiger partial charge is 0.0853 e. The molecule has 0 aromatic heterocycles. The fourth-order valence-corrected chi connectivity index (χ4v) is 2.39. The van der Waals surface area contributed by atoms with Crippen LogP contribution in [0.4, 0.5) is 0 Å². The molecular weight excluding hydrogens is 204 g/mol. The second-order valence-corrected chi connectivity index (χ2v) is 5.69. The minimum Gasteiger partial charge on any atom is -0.0853 e. The zero-order chi connectivity index (χ0) is 12.2. The summed E-state index contributed by atoms with van der Waals surface area (Å²) in [6, 6.07) is 0. The molecule has 0 unspecified atom stereocenters. The maximum absolute atomic E-state index is 2.48. The summed E-state index contributed by atoms with van der Waals surface area (Å²) < 4.78 is 0. The highest BCUT2D eigenvalue weighted by molar-refractivity contribution is 5.15. The third kappa shape index (κ3) is 10.6. The van der Waals surface area contributed by atoms with E-state index < -0.39 is 0 Å². The van der Waals surface area contributed by atoms with Crippen LogP contribution in [-0.2, 0) is 0 Å². The first-order valence-electron chi connectivity index (χ1n) is 8.11. The Bertz CT molecular complexity index is 184. The van der Waals surface area contributed by atoms with Crippen molar-refractivity contribution in [3.05, 3.63) is 11.6 Å². The number of rotatable bonds is 12. The van der Waals surface area contributed by atoms with Crippen LogP contribution in [0.2, 0.25) is 0 Å². The Hall–Kier alpha value is -0.260. The highest BCUT2D eigenvalue weighted by Gasteiger charge is 2.08. The predicted octanol–water partition coefficient (Wildman–Crippen LogP) is 6.41. The van der Waals surface area contributed by atoms with Crippen LogP contribution in [0.3, 0.4) is 0 Å². The van der Waals surface area contributed by atoms with Gasteiger partial charge in [0, 0.05) is 0 Å². The Kier molecular flexibility index (Phi) is 9.46. The summed E-state index contributed by atoms with van der Waals surface area (Å²) in [5.74, 6) is 0. The van der Waals surface area contributed by atoms with Crippen molar-refractivity contribution in [2.75, 3.05) is 0 Å². The van der Waals surface area contributed by atoms with Crippen molar-refractivity contribution < 1.29 is 0 Å². The van der Waals surface area contributed by atoms with Crippen LogP contribution < -0.4 is 0 Å². The van der Waals surface area contributed by atoms with Gasteiger partial charge in [-0.25, -0.2) is 0 Å². The standard InChI is InChI=1S/C17H32/c1-2-3-4-5-6-7-8-9-10-11-12-13-14-17-15-16-17/h14H,2-13,15-16H2,1H3. The molecule has 0 spiro atoms. The summed E-state index contributed by atoms with van der Waals surface area (Å²) in [5.41, 5.74) is 1.72. The SMILES string of the molecule is CCCCCCCCCCCCCC=C1CC1. The lowest BCUT2D eigenvalue weighted by molar-refractivity contribution is 0.550. The van der Waals surface area contributed by atoms with Crippen LogP contribution >= 0.6 is 0 Å². The Balaban J connectivity index is 1.65. The molecule has 1 saturated carbocycles. The second-order valence-electron chi connectivity index (χ2n) is 5.69. The maximum Gasteiger partial charge on any atom is -0.0283 e. The van der Waals surface area contributed by atoms with Gasteiger partial charge in [-0.05, 0) is 25.7 Å². The molecule has 1 aliphatic carbocycles. The molecule has 1 fully saturated rings. The van der Waals surface area contributed by atoms with Gasteiger partial charge in [-0.2, -0.15) is 0 Å². The van der Waals surface area contributed by atoms with Gasteiger partial charge in [0.15, 0.2) is 0 Å². The van der Waals surface area contributed by atoms with Crippen LogP contribution in [0.25, 0.3) is 0 Å². The van der Waals surface area contributed by atoms with Crippen molar-refractivity contribution in [3.8, 4) is 0 Å². The van der Waals surface area contributed by atoms with E-state index in [9.17, 15) is 0 Å². The lowest BCUT2D eigenvalue weighted by atomic mass is 10.1. The van der Waals surface area contributed by atoms with Crippen molar-refractivity contribution >= 4 is 0 Å². The highest BCUT2D eigenvalue weighted by Crippen LogP contribution is 2.28. The molecule has 0 heteroatoms. The van der Waals surface area contributed by atoms with E-state index in [1.165, 1.54) is 89.9 Å². The van der Waals surface area contributed by atoms with E-state index in [0.717, 1.165) is 0 Å². The second kappa shape index (κ2) is 10.9. The molecule has 1 aliphatic rings.